The summed E-state index contributed by atoms with van der Waals surface area (Å²) >= 11 is 5.85. The SMILES string of the molecule is N#CN1CCC(CNC(=O)c2cc(-c3ccc(Cl)cc3)no2)C1. The molecule has 23 heavy (non-hydrogen) atoms. The van der Waals surface area contributed by atoms with E-state index in [0.717, 1.165) is 18.5 Å². The second kappa shape index (κ2) is 6.71. The molecule has 0 spiro atoms. The number of likely N-dealkylation sites (tertiary alicyclic amines) is 1. The van der Waals surface area contributed by atoms with Crippen molar-refractivity contribution in [1.29, 1.82) is 5.26 Å². The summed E-state index contributed by atoms with van der Waals surface area (Å²) in [6.45, 7) is 1.96. The van der Waals surface area contributed by atoms with Gasteiger partial charge in [0, 0.05) is 36.3 Å². The smallest absolute Gasteiger partial charge is 0.289 e. The zero-order valence-electron chi connectivity index (χ0n) is 12.3. The first-order chi connectivity index (χ1) is 11.2. The summed E-state index contributed by atoms with van der Waals surface area (Å²) in [5.41, 5.74) is 1.42. The van der Waals surface area contributed by atoms with Gasteiger partial charge in [-0.3, -0.25) is 4.79 Å². The predicted octanol–water partition coefficient (Wildman–Crippen LogP) is 2.53. The number of hydrogen-bond donors (Lipinski definition) is 1. The van der Waals surface area contributed by atoms with E-state index in [4.69, 9.17) is 21.4 Å². The van der Waals surface area contributed by atoms with E-state index in [-0.39, 0.29) is 17.6 Å². The third-order valence-corrected chi connectivity index (χ3v) is 4.10. The van der Waals surface area contributed by atoms with Crippen molar-refractivity contribution in [2.75, 3.05) is 19.6 Å². The Morgan fingerprint density at radius 2 is 2.26 bits per heavy atom. The topological polar surface area (TPSA) is 82.2 Å². The first kappa shape index (κ1) is 15.4. The third-order valence-electron chi connectivity index (χ3n) is 3.85. The van der Waals surface area contributed by atoms with E-state index in [1.165, 1.54) is 0 Å². The van der Waals surface area contributed by atoms with Crippen molar-refractivity contribution in [3.8, 4) is 17.5 Å². The summed E-state index contributed by atoms with van der Waals surface area (Å²) in [4.78, 5) is 13.8. The van der Waals surface area contributed by atoms with Gasteiger partial charge in [0.05, 0.1) is 0 Å². The summed E-state index contributed by atoms with van der Waals surface area (Å²) in [6, 6.07) is 8.75. The summed E-state index contributed by atoms with van der Waals surface area (Å²) in [5.74, 6) is 0.162. The molecule has 0 radical (unpaired) electrons. The number of amides is 1. The van der Waals surface area contributed by atoms with Crippen LogP contribution in [0.1, 0.15) is 17.0 Å². The van der Waals surface area contributed by atoms with Gasteiger partial charge in [-0.15, -0.1) is 0 Å². The fourth-order valence-electron chi connectivity index (χ4n) is 2.55. The predicted molar refractivity (Wildman–Crippen MR) is 84.6 cm³/mol. The molecule has 1 saturated heterocycles. The van der Waals surface area contributed by atoms with E-state index in [1.54, 1.807) is 23.1 Å². The van der Waals surface area contributed by atoms with Gasteiger partial charge in [0.1, 0.15) is 5.69 Å². The highest BCUT2D eigenvalue weighted by atomic mass is 35.5. The summed E-state index contributed by atoms with van der Waals surface area (Å²) in [7, 11) is 0. The number of carbonyl (C=O) groups excluding carboxylic acids is 1. The van der Waals surface area contributed by atoms with Crippen LogP contribution in [0.25, 0.3) is 11.3 Å². The second-order valence-electron chi connectivity index (χ2n) is 5.49. The van der Waals surface area contributed by atoms with E-state index >= 15 is 0 Å². The molecule has 1 unspecified atom stereocenters. The molecule has 1 aromatic heterocycles. The molecule has 2 aromatic rings. The maximum absolute atomic E-state index is 12.1. The van der Waals surface area contributed by atoms with E-state index in [1.807, 2.05) is 12.1 Å². The molecule has 3 rings (SSSR count). The van der Waals surface area contributed by atoms with Gasteiger partial charge in [-0.2, -0.15) is 5.26 Å². The van der Waals surface area contributed by atoms with E-state index in [0.29, 0.717) is 23.8 Å². The van der Waals surface area contributed by atoms with E-state index in [2.05, 4.69) is 16.7 Å². The number of halogens is 1. The standard InChI is InChI=1S/C16H15ClN4O2/c17-13-3-1-12(2-4-13)14-7-15(23-20-14)16(22)19-8-11-5-6-21(9-11)10-18/h1-4,7,11H,5-6,8-9H2,(H,19,22). The highest BCUT2D eigenvalue weighted by Crippen LogP contribution is 2.21. The lowest BCUT2D eigenvalue weighted by Gasteiger charge is -2.09. The van der Waals surface area contributed by atoms with Crippen molar-refractivity contribution < 1.29 is 9.32 Å². The number of nitriles is 1. The van der Waals surface area contributed by atoms with E-state index < -0.39 is 0 Å². The fourth-order valence-corrected chi connectivity index (χ4v) is 2.68. The molecule has 1 N–H and O–H groups in total. The molecule has 1 aliphatic heterocycles. The molecule has 1 aromatic carbocycles. The first-order valence-electron chi connectivity index (χ1n) is 7.31. The van der Waals surface area contributed by atoms with Crippen molar-refractivity contribution in [3.63, 3.8) is 0 Å². The van der Waals surface area contributed by atoms with Gasteiger partial charge in [-0.1, -0.05) is 28.9 Å². The fraction of sp³-hybridized carbons (Fsp3) is 0.312. The van der Waals surface area contributed by atoms with Crippen LogP contribution in [0.3, 0.4) is 0 Å². The Bertz CT molecular complexity index is 735. The molecule has 1 amide bonds. The molecule has 0 aliphatic carbocycles. The number of rotatable bonds is 4. The molecule has 6 nitrogen and oxygen atoms in total. The Morgan fingerprint density at radius 3 is 2.96 bits per heavy atom. The maximum Gasteiger partial charge on any atom is 0.289 e. The molecular formula is C16H15ClN4O2. The Labute approximate surface area is 138 Å². The normalized spacial score (nSPS) is 17.0. The molecule has 1 fully saturated rings. The Morgan fingerprint density at radius 1 is 1.48 bits per heavy atom. The lowest BCUT2D eigenvalue weighted by Crippen LogP contribution is -2.30. The van der Waals surface area contributed by atoms with Crippen molar-refractivity contribution in [3.05, 3.63) is 41.1 Å². The van der Waals surface area contributed by atoms with E-state index in [9.17, 15) is 4.79 Å². The van der Waals surface area contributed by atoms with Gasteiger partial charge < -0.3 is 14.7 Å². The number of benzene rings is 1. The van der Waals surface area contributed by atoms with Gasteiger partial charge in [0.2, 0.25) is 5.76 Å². The number of nitrogens with one attached hydrogen (secondary N) is 1. The van der Waals surface area contributed by atoms with Gasteiger partial charge in [0.15, 0.2) is 6.19 Å². The summed E-state index contributed by atoms with van der Waals surface area (Å²) < 4.78 is 5.11. The number of carbonyl (C=O) groups is 1. The molecular weight excluding hydrogens is 316 g/mol. The van der Waals surface area contributed by atoms with Crippen molar-refractivity contribution in [2.45, 2.75) is 6.42 Å². The van der Waals surface area contributed by atoms with Crippen molar-refractivity contribution in [2.24, 2.45) is 5.92 Å². The number of nitrogens with zero attached hydrogens (tertiary/aromatic N) is 3. The first-order valence-corrected chi connectivity index (χ1v) is 7.69. The Hall–Kier alpha value is -2.52. The van der Waals surface area contributed by atoms with Gasteiger partial charge in [0.25, 0.3) is 5.91 Å². The van der Waals surface area contributed by atoms with Crippen LogP contribution in [0.15, 0.2) is 34.9 Å². The largest absolute Gasteiger partial charge is 0.350 e. The Kier molecular flexibility index (Phi) is 4.49. The molecule has 2 heterocycles. The van der Waals surface area contributed by atoms with Crippen LogP contribution in [0.2, 0.25) is 5.02 Å². The highest BCUT2D eigenvalue weighted by molar-refractivity contribution is 6.30. The summed E-state index contributed by atoms with van der Waals surface area (Å²) in [6.07, 6.45) is 3.02. The zero-order valence-corrected chi connectivity index (χ0v) is 13.1. The van der Waals surface area contributed by atoms with Crippen LogP contribution < -0.4 is 5.32 Å². The minimum atomic E-state index is -0.298. The van der Waals surface area contributed by atoms with Gasteiger partial charge in [-0.05, 0) is 24.5 Å². The quantitative estimate of drug-likeness (QED) is 0.871. The summed E-state index contributed by atoms with van der Waals surface area (Å²) in [5, 5.41) is 16.2. The highest BCUT2D eigenvalue weighted by Gasteiger charge is 2.23. The average molecular weight is 331 g/mol. The molecule has 0 saturated carbocycles. The molecule has 0 bridgehead atoms. The van der Waals surface area contributed by atoms with Crippen LogP contribution in [-0.4, -0.2) is 35.6 Å². The van der Waals surface area contributed by atoms with Crippen molar-refractivity contribution >= 4 is 17.5 Å². The Balaban J connectivity index is 1.58. The van der Waals surface area contributed by atoms with Gasteiger partial charge in [-0.25, -0.2) is 0 Å². The van der Waals surface area contributed by atoms with Crippen LogP contribution >= 0.6 is 11.6 Å². The van der Waals surface area contributed by atoms with Crippen LogP contribution in [0, 0.1) is 17.4 Å². The monoisotopic (exact) mass is 330 g/mol. The molecule has 7 heteroatoms. The lowest BCUT2D eigenvalue weighted by atomic mass is 10.1. The van der Waals surface area contributed by atoms with Crippen LogP contribution in [-0.2, 0) is 0 Å². The number of hydrogen-bond acceptors (Lipinski definition) is 5. The van der Waals surface area contributed by atoms with Crippen molar-refractivity contribution in [1.82, 2.24) is 15.4 Å². The minimum absolute atomic E-state index is 0.171. The van der Waals surface area contributed by atoms with Gasteiger partial charge >= 0.3 is 0 Å². The molecule has 118 valence electrons. The average Bonchev–Trinajstić information content (AvgIpc) is 3.22. The second-order valence-corrected chi connectivity index (χ2v) is 5.93. The minimum Gasteiger partial charge on any atom is -0.350 e. The lowest BCUT2D eigenvalue weighted by molar-refractivity contribution is 0.0911. The maximum atomic E-state index is 12.1. The third kappa shape index (κ3) is 3.63. The molecule has 1 aliphatic rings. The zero-order chi connectivity index (χ0) is 16.2. The molecule has 1 atom stereocenters. The number of aromatic nitrogens is 1. The van der Waals surface area contributed by atoms with Crippen LogP contribution in [0.5, 0.6) is 0 Å². The van der Waals surface area contributed by atoms with Crippen LogP contribution in [0.4, 0.5) is 0 Å².